The summed E-state index contributed by atoms with van der Waals surface area (Å²) >= 11 is 0. The predicted octanol–water partition coefficient (Wildman–Crippen LogP) is 2.21. The number of anilines is 3. The number of aromatic hydroxyl groups is 1. The molecule has 0 saturated carbocycles. The molecule has 1 aliphatic rings. The minimum absolute atomic E-state index is 0.244. The van der Waals surface area contributed by atoms with E-state index < -0.39 is 0 Å². The van der Waals surface area contributed by atoms with Crippen LogP contribution in [0, 0.1) is 0 Å². The summed E-state index contributed by atoms with van der Waals surface area (Å²) in [4.78, 5) is 22.3. The fourth-order valence-electron chi connectivity index (χ4n) is 3.91. The molecule has 1 fully saturated rings. The number of fused-ring (bicyclic) bond motifs is 1. The number of nitrogens with two attached hydrogens (primary N) is 1. The van der Waals surface area contributed by atoms with Gasteiger partial charge in [-0.2, -0.15) is 9.97 Å². The number of phenols is 1. The van der Waals surface area contributed by atoms with Crippen molar-refractivity contribution < 1.29 is 5.11 Å². The zero-order valence-electron chi connectivity index (χ0n) is 16.5. The first-order valence-corrected chi connectivity index (χ1v) is 9.82. The van der Waals surface area contributed by atoms with E-state index in [1.54, 1.807) is 30.9 Å². The summed E-state index contributed by atoms with van der Waals surface area (Å²) in [6.45, 7) is 4.51. The SMILES string of the molecule is CC1CN(c2nc(N)c3ncn(-c4ccncc4)c3n2)CCN1c1ccc(O)cc1. The van der Waals surface area contributed by atoms with Gasteiger partial charge in [0.2, 0.25) is 5.95 Å². The van der Waals surface area contributed by atoms with Crippen LogP contribution in [-0.2, 0) is 0 Å². The number of pyridine rings is 1. The number of piperazine rings is 1. The van der Waals surface area contributed by atoms with Crippen molar-refractivity contribution in [2.45, 2.75) is 13.0 Å². The van der Waals surface area contributed by atoms with Gasteiger partial charge >= 0.3 is 0 Å². The molecule has 1 saturated heterocycles. The number of nitrogen functional groups attached to an aromatic ring is 1. The third-order valence-corrected chi connectivity index (χ3v) is 5.44. The van der Waals surface area contributed by atoms with Crippen LogP contribution in [0.3, 0.4) is 0 Å². The molecule has 0 bridgehead atoms. The van der Waals surface area contributed by atoms with E-state index in [0.29, 0.717) is 22.9 Å². The van der Waals surface area contributed by atoms with Crippen molar-refractivity contribution in [3.05, 3.63) is 55.1 Å². The summed E-state index contributed by atoms with van der Waals surface area (Å²) in [5.41, 5.74) is 9.50. The molecule has 1 aliphatic heterocycles. The Hall–Kier alpha value is -3.88. The number of aromatic nitrogens is 5. The maximum absolute atomic E-state index is 9.55. The minimum Gasteiger partial charge on any atom is -0.508 e. The Morgan fingerprint density at radius 2 is 1.77 bits per heavy atom. The summed E-state index contributed by atoms with van der Waals surface area (Å²) < 4.78 is 1.90. The summed E-state index contributed by atoms with van der Waals surface area (Å²) in [5, 5.41) is 9.55. The van der Waals surface area contributed by atoms with E-state index >= 15 is 0 Å². The minimum atomic E-state index is 0.244. The summed E-state index contributed by atoms with van der Waals surface area (Å²) in [6, 6.07) is 11.4. The highest BCUT2D eigenvalue weighted by Crippen LogP contribution is 2.27. The van der Waals surface area contributed by atoms with Gasteiger partial charge in [0.1, 0.15) is 12.1 Å². The maximum Gasteiger partial charge on any atom is 0.229 e. The van der Waals surface area contributed by atoms with Crippen LogP contribution in [0.15, 0.2) is 55.1 Å². The van der Waals surface area contributed by atoms with Crippen molar-refractivity contribution >= 4 is 28.6 Å². The van der Waals surface area contributed by atoms with E-state index in [1.807, 2.05) is 28.8 Å². The molecule has 0 spiro atoms. The van der Waals surface area contributed by atoms with Crippen molar-refractivity contribution in [3.63, 3.8) is 0 Å². The van der Waals surface area contributed by atoms with E-state index in [-0.39, 0.29) is 11.8 Å². The monoisotopic (exact) mass is 402 g/mol. The highest BCUT2D eigenvalue weighted by atomic mass is 16.3. The molecule has 0 aliphatic carbocycles. The molecular weight excluding hydrogens is 380 g/mol. The third kappa shape index (κ3) is 3.14. The Kier molecular flexibility index (Phi) is 4.35. The number of hydrogen-bond donors (Lipinski definition) is 2. The molecule has 3 N–H and O–H groups in total. The zero-order valence-corrected chi connectivity index (χ0v) is 16.5. The molecule has 1 aromatic carbocycles. The summed E-state index contributed by atoms with van der Waals surface area (Å²) in [6.07, 6.45) is 5.17. The molecule has 3 aromatic heterocycles. The van der Waals surface area contributed by atoms with Gasteiger partial charge in [-0.15, -0.1) is 0 Å². The van der Waals surface area contributed by atoms with Gasteiger partial charge in [0, 0.05) is 43.8 Å². The first-order chi connectivity index (χ1) is 14.6. The van der Waals surface area contributed by atoms with Crippen LogP contribution in [0.1, 0.15) is 6.92 Å². The standard InChI is InChI=1S/C21H22N8O/c1-14-12-27(10-11-28(14)15-2-4-17(30)5-3-15)21-25-19(22)18-20(26-21)29(13-24-18)16-6-8-23-9-7-16/h2-9,13-14,30H,10-12H2,1H3,(H2,22,25,26). The van der Waals surface area contributed by atoms with E-state index in [1.165, 1.54) is 0 Å². The summed E-state index contributed by atoms with van der Waals surface area (Å²) in [5.74, 6) is 1.25. The van der Waals surface area contributed by atoms with Gasteiger partial charge in [-0.05, 0) is 43.3 Å². The Labute approximate surface area is 173 Å². The van der Waals surface area contributed by atoms with Gasteiger partial charge in [0.15, 0.2) is 17.0 Å². The molecule has 5 rings (SSSR count). The Morgan fingerprint density at radius 1 is 1.00 bits per heavy atom. The number of nitrogens with zero attached hydrogens (tertiary/aromatic N) is 7. The topological polar surface area (TPSA) is 109 Å². The van der Waals surface area contributed by atoms with Crippen LogP contribution in [-0.4, -0.2) is 55.3 Å². The lowest BCUT2D eigenvalue weighted by atomic mass is 10.1. The van der Waals surface area contributed by atoms with Gasteiger partial charge in [0.05, 0.1) is 5.69 Å². The molecule has 1 atom stereocenters. The molecule has 152 valence electrons. The van der Waals surface area contributed by atoms with Crippen LogP contribution in [0.5, 0.6) is 5.75 Å². The van der Waals surface area contributed by atoms with E-state index in [4.69, 9.17) is 10.7 Å². The van der Waals surface area contributed by atoms with Crippen molar-refractivity contribution in [2.24, 2.45) is 0 Å². The maximum atomic E-state index is 9.55. The second-order valence-electron chi connectivity index (χ2n) is 7.41. The normalized spacial score (nSPS) is 16.9. The van der Waals surface area contributed by atoms with Gasteiger partial charge in [-0.3, -0.25) is 9.55 Å². The zero-order chi connectivity index (χ0) is 20.7. The highest BCUT2D eigenvalue weighted by molar-refractivity contribution is 5.84. The molecule has 4 heterocycles. The van der Waals surface area contributed by atoms with Crippen molar-refractivity contribution in [1.29, 1.82) is 0 Å². The Bertz CT molecular complexity index is 1180. The lowest BCUT2D eigenvalue weighted by molar-refractivity contribution is 0.475. The largest absolute Gasteiger partial charge is 0.508 e. The van der Waals surface area contributed by atoms with Crippen LogP contribution in [0.4, 0.5) is 17.5 Å². The Balaban J connectivity index is 1.45. The van der Waals surface area contributed by atoms with Crippen LogP contribution < -0.4 is 15.5 Å². The van der Waals surface area contributed by atoms with Gasteiger partial charge in [0.25, 0.3) is 0 Å². The molecular formula is C21H22N8O. The first kappa shape index (κ1) is 18.2. The number of rotatable bonds is 3. The molecule has 1 unspecified atom stereocenters. The second kappa shape index (κ2) is 7.18. The lowest BCUT2D eigenvalue weighted by Crippen LogP contribution is -2.52. The van der Waals surface area contributed by atoms with Crippen molar-refractivity contribution in [2.75, 3.05) is 35.2 Å². The Morgan fingerprint density at radius 3 is 2.50 bits per heavy atom. The van der Waals surface area contributed by atoms with Crippen molar-refractivity contribution in [1.82, 2.24) is 24.5 Å². The third-order valence-electron chi connectivity index (χ3n) is 5.44. The van der Waals surface area contributed by atoms with Crippen LogP contribution in [0.25, 0.3) is 16.9 Å². The molecule has 0 radical (unpaired) electrons. The number of imidazole rings is 1. The number of benzene rings is 1. The molecule has 30 heavy (non-hydrogen) atoms. The van der Waals surface area contributed by atoms with E-state index in [0.717, 1.165) is 31.0 Å². The van der Waals surface area contributed by atoms with Gasteiger partial charge < -0.3 is 20.6 Å². The van der Waals surface area contributed by atoms with Crippen LogP contribution in [0.2, 0.25) is 0 Å². The first-order valence-electron chi connectivity index (χ1n) is 9.82. The highest BCUT2D eigenvalue weighted by Gasteiger charge is 2.26. The molecule has 9 nitrogen and oxygen atoms in total. The molecule has 4 aromatic rings. The van der Waals surface area contributed by atoms with Crippen LogP contribution >= 0.6 is 0 Å². The smallest absolute Gasteiger partial charge is 0.229 e. The van der Waals surface area contributed by atoms with Gasteiger partial charge in [-0.1, -0.05) is 0 Å². The fraction of sp³-hybridized carbons (Fsp3) is 0.238. The molecule has 9 heteroatoms. The predicted molar refractivity (Wildman–Crippen MR) is 116 cm³/mol. The van der Waals surface area contributed by atoms with Crippen molar-refractivity contribution in [3.8, 4) is 11.4 Å². The van der Waals surface area contributed by atoms with E-state index in [9.17, 15) is 5.11 Å². The second-order valence-corrected chi connectivity index (χ2v) is 7.41. The lowest BCUT2D eigenvalue weighted by Gasteiger charge is -2.41. The fourth-order valence-corrected chi connectivity index (χ4v) is 3.91. The molecule has 0 amide bonds. The number of phenolic OH excluding ortho intramolecular Hbond substituents is 1. The number of hydrogen-bond acceptors (Lipinski definition) is 8. The van der Waals surface area contributed by atoms with E-state index in [2.05, 4.69) is 31.7 Å². The summed E-state index contributed by atoms with van der Waals surface area (Å²) in [7, 11) is 0. The quantitative estimate of drug-likeness (QED) is 0.537. The average Bonchev–Trinajstić information content (AvgIpc) is 3.20. The van der Waals surface area contributed by atoms with Gasteiger partial charge in [-0.25, -0.2) is 4.98 Å². The average molecular weight is 402 g/mol.